The smallest absolute Gasteiger partial charge is 0.314 e. The molecule has 2 aliphatic rings. The lowest BCUT2D eigenvalue weighted by molar-refractivity contribution is -0.198. The van der Waals surface area contributed by atoms with E-state index in [2.05, 4.69) is 11.9 Å². The predicted molar refractivity (Wildman–Crippen MR) is 64.6 cm³/mol. The van der Waals surface area contributed by atoms with Crippen molar-refractivity contribution in [1.82, 2.24) is 4.90 Å². The minimum Gasteiger partial charge on any atom is -0.465 e. The monoisotopic (exact) mass is 241 g/mol. The van der Waals surface area contributed by atoms with Gasteiger partial charge in [-0.25, -0.2) is 0 Å². The van der Waals surface area contributed by atoms with E-state index in [9.17, 15) is 9.90 Å². The van der Waals surface area contributed by atoms with E-state index in [1.807, 2.05) is 6.92 Å². The van der Waals surface area contributed by atoms with Crippen molar-refractivity contribution in [2.45, 2.75) is 44.6 Å². The molecule has 1 N–H and O–H groups in total. The second-order valence-corrected chi connectivity index (χ2v) is 5.49. The van der Waals surface area contributed by atoms with Gasteiger partial charge in [-0.1, -0.05) is 6.42 Å². The number of esters is 1. The van der Waals surface area contributed by atoms with Gasteiger partial charge in [0.2, 0.25) is 0 Å². The van der Waals surface area contributed by atoms with Crippen LogP contribution in [0.2, 0.25) is 0 Å². The summed E-state index contributed by atoms with van der Waals surface area (Å²) >= 11 is 0. The summed E-state index contributed by atoms with van der Waals surface area (Å²) in [5, 5.41) is 10.8. The summed E-state index contributed by atoms with van der Waals surface area (Å²) in [4.78, 5) is 14.3. The lowest BCUT2D eigenvalue weighted by Crippen LogP contribution is -2.61. The van der Waals surface area contributed by atoms with E-state index in [1.165, 1.54) is 0 Å². The van der Waals surface area contributed by atoms with E-state index in [-0.39, 0.29) is 5.97 Å². The molecule has 17 heavy (non-hydrogen) atoms. The third kappa shape index (κ3) is 1.97. The van der Waals surface area contributed by atoms with Crippen molar-refractivity contribution < 1.29 is 14.6 Å². The zero-order valence-corrected chi connectivity index (χ0v) is 10.9. The largest absolute Gasteiger partial charge is 0.465 e. The molecule has 0 atom stereocenters. The highest BCUT2D eigenvalue weighted by molar-refractivity contribution is 5.79. The first-order valence-electron chi connectivity index (χ1n) is 6.62. The summed E-state index contributed by atoms with van der Waals surface area (Å²) in [6.07, 6.45) is 3.96. The van der Waals surface area contributed by atoms with Gasteiger partial charge < -0.3 is 14.7 Å². The molecule has 0 radical (unpaired) electrons. The second-order valence-electron chi connectivity index (χ2n) is 5.49. The van der Waals surface area contributed by atoms with Crippen molar-refractivity contribution in [2.75, 3.05) is 26.7 Å². The molecule has 4 heteroatoms. The lowest BCUT2D eigenvalue weighted by Gasteiger charge is -2.53. The highest BCUT2D eigenvalue weighted by atomic mass is 16.5. The third-order valence-electron chi connectivity index (χ3n) is 4.58. The topological polar surface area (TPSA) is 49.8 Å². The standard InChI is InChI=1S/C13H23NO3/c1-3-17-11(15)12(5-4-6-12)13(16)7-9-14(2)10-8-13/h16H,3-10H2,1-2H3. The lowest BCUT2D eigenvalue weighted by atomic mass is 9.56. The van der Waals surface area contributed by atoms with Crippen LogP contribution in [0.15, 0.2) is 0 Å². The van der Waals surface area contributed by atoms with Crippen LogP contribution >= 0.6 is 0 Å². The van der Waals surface area contributed by atoms with Crippen LogP contribution in [0, 0.1) is 5.41 Å². The molecule has 98 valence electrons. The van der Waals surface area contributed by atoms with Crippen molar-refractivity contribution in [3.63, 3.8) is 0 Å². The maximum atomic E-state index is 12.1. The Labute approximate surface area is 103 Å². The van der Waals surface area contributed by atoms with Crippen LogP contribution in [0.4, 0.5) is 0 Å². The summed E-state index contributed by atoms with van der Waals surface area (Å²) in [5.41, 5.74) is -1.45. The zero-order chi connectivity index (χ0) is 12.5. The Hall–Kier alpha value is -0.610. The maximum Gasteiger partial charge on any atom is 0.314 e. The van der Waals surface area contributed by atoms with Crippen LogP contribution in [-0.4, -0.2) is 48.3 Å². The van der Waals surface area contributed by atoms with Crippen molar-refractivity contribution >= 4 is 5.97 Å². The maximum absolute atomic E-state index is 12.1. The molecule has 0 spiro atoms. The van der Waals surface area contributed by atoms with Crippen LogP contribution in [0.5, 0.6) is 0 Å². The fourth-order valence-corrected chi connectivity index (χ4v) is 3.13. The van der Waals surface area contributed by atoms with E-state index >= 15 is 0 Å². The van der Waals surface area contributed by atoms with Gasteiger partial charge in [-0.3, -0.25) is 4.79 Å². The number of likely N-dealkylation sites (tertiary alicyclic amines) is 1. The molecule has 0 aromatic carbocycles. The van der Waals surface area contributed by atoms with Crippen molar-refractivity contribution in [2.24, 2.45) is 5.41 Å². The minimum atomic E-state index is -0.843. The number of hydrogen-bond acceptors (Lipinski definition) is 4. The van der Waals surface area contributed by atoms with Gasteiger partial charge in [-0.05, 0) is 39.7 Å². The van der Waals surface area contributed by atoms with Gasteiger partial charge in [0, 0.05) is 13.1 Å². The molecule has 4 nitrogen and oxygen atoms in total. The molecule has 1 saturated heterocycles. The molecule has 2 rings (SSSR count). The van der Waals surface area contributed by atoms with Gasteiger partial charge in [0.1, 0.15) is 0 Å². The molecule has 0 amide bonds. The fourth-order valence-electron chi connectivity index (χ4n) is 3.13. The van der Waals surface area contributed by atoms with Gasteiger partial charge in [-0.2, -0.15) is 0 Å². The molecule has 1 saturated carbocycles. The van der Waals surface area contributed by atoms with Gasteiger partial charge in [0.05, 0.1) is 17.6 Å². The molecule has 0 bridgehead atoms. The number of carbonyl (C=O) groups is 1. The first-order chi connectivity index (χ1) is 8.04. The van der Waals surface area contributed by atoms with Gasteiger partial charge in [0.15, 0.2) is 0 Å². The summed E-state index contributed by atoms with van der Waals surface area (Å²) in [6.45, 7) is 3.94. The molecular formula is C13H23NO3. The van der Waals surface area contributed by atoms with Crippen LogP contribution in [-0.2, 0) is 9.53 Å². The van der Waals surface area contributed by atoms with Gasteiger partial charge in [0.25, 0.3) is 0 Å². The molecule has 1 heterocycles. The number of carbonyl (C=O) groups excluding carboxylic acids is 1. The predicted octanol–water partition coefficient (Wildman–Crippen LogP) is 1.18. The number of aliphatic hydroxyl groups is 1. The zero-order valence-electron chi connectivity index (χ0n) is 10.9. The highest BCUT2D eigenvalue weighted by Crippen LogP contribution is 2.53. The van der Waals surface area contributed by atoms with Crippen LogP contribution in [0.3, 0.4) is 0 Å². The average molecular weight is 241 g/mol. The normalized spacial score (nSPS) is 27.2. The quantitative estimate of drug-likeness (QED) is 0.754. The Morgan fingerprint density at radius 1 is 1.29 bits per heavy atom. The van der Waals surface area contributed by atoms with E-state index in [4.69, 9.17) is 4.74 Å². The van der Waals surface area contributed by atoms with E-state index < -0.39 is 11.0 Å². The second kappa shape index (κ2) is 4.58. The first kappa shape index (κ1) is 12.8. The number of nitrogens with zero attached hydrogens (tertiary/aromatic N) is 1. The molecule has 0 aromatic heterocycles. The summed E-state index contributed by atoms with van der Waals surface area (Å²) in [7, 11) is 2.05. The van der Waals surface area contributed by atoms with Gasteiger partial charge in [-0.15, -0.1) is 0 Å². The minimum absolute atomic E-state index is 0.182. The van der Waals surface area contributed by atoms with Crippen LogP contribution < -0.4 is 0 Å². The Balaban J connectivity index is 2.14. The van der Waals surface area contributed by atoms with Crippen LogP contribution in [0.1, 0.15) is 39.0 Å². The molecule has 0 aromatic rings. The Kier molecular flexibility index (Phi) is 3.46. The van der Waals surface area contributed by atoms with Gasteiger partial charge >= 0.3 is 5.97 Å². The average Bonchev–Trinajstić information content (AvgIpc) is 2.21. The van der Waals surface area contributed by atoms with E-state index in [1.54, 1.807) is 0 Å². The number of rotatable bonds is 3. The van der Waals surface area contributed by atoms with Crippen molar-refractivity contribution in [1.29, 1.82) is 0 Å². The van der Waals surface area contributed by atoms with Crippen molar-refractivity contribution in [3.8, 4) is 0 Å². The Bertz CT molecular complexity index is 291. The molecular weight excluding hydrogens is 218 g/mol. The first-order valence-corrected chi connectivity index (χ1v) is 6.62. The number of ether oxygens (including phenoxy) is 1. The van der Waals surface area contributed by atoms with E-state index in [0.29, 0.717) is 19.4 Å². The Morgan fingerprint density at radius 3 is 2.29 bits per heavy atom. The summed E-state index contributed by atoms with van der Waals surface area (Å²) < 4.78 is 5.18. The van der Waals surface area contributed by atoms with Crippen molar-refractivity contribution in [3.05, 3.63) is 0 Å². The third-order valence-corrected chi connectivity index (χ3v) is 4.58. The Morgan fingerprint density at radius 2 is 1.88 bits per heavy atom. The molecule has 0 unspecified atom stereocenters. The summed E-state index contributed by atoms with van der Waals surface area (Å²) in [6, 6.07) is 0. The summed E-state index contributed by atoms with van der Waals surface area (Å²) in [5.74, 6) is -0.182. The highest BCUT2D eigenvalue weighted by Gasteiger charge is 2.60. The van der Waals surface area contributed by atoms with E-state index in [0.717, 1.165) is 32.4 Å². The van der Waals surface area contributed by atoms with Crippen LogP contribution in [0.25, 0.3) is 0 Å². The molecule has 1 aliphatic carbocycles. The molecule has 1 aliphatic heterocycles. The number of piperidine rings is 1. The fraction of sp³-hybridized carbons (Fsp3) is 0.923. The molecule has 2 fully saturated rings. The number of hydrogen-bond donors (Lipinski definition) is 1. The SMILES string of the molecule is CCOC(=O)C1(C2(O)CCN(C)CC2)CCC1.